The van der Waals surface area contributed by atoms with Gasteiger partial charge in [-0.25, -0.2) is 4.98 Å². The first-order valence-corrected chi connectivity index (χ1v) is 7.40. The number of benzene rings is 1. The molecular weight excluding hydrogens is 327 g/mol. The van der Waals surface area contributed by atoms with E-state index in [9.17, 15) is 4.79 Å². The van der Waals surface area contributed by atoms with Gasteiger partial charge in [0.2, 0.25) is 5.91 Å². The molecule has 3 nitrogen and oxygen atoms in total. The molecule has 2 rings (SSSR count). The van der Waals surface area contributed by atoms with Gasteiger partial charge in [-0.15, -0.1) is 22.9 Å². The molecule has 19 heavy (non-hydrogen) atoms. The molecule has 7 heteroatoms. The number of amides is 1. The van der Waals surface area contributed by atoms with Gasteiger partial charge < -0.3 is 5.32 Å². The van der Waals surface area contributed by atoms with Gasteiger partial charge in [0, 0.05) is 16.0 Å². The van der Waals surface area contributed by atoms with E-state index < -0.39 is 5.38 Å². The highest BCUT2D eigenvalue weighted by molar-refractivity contribution is 7.14. The van der Waals surface area contributed by atoms with E-state index in [1.165, 1.54) is 11.3 Å². The lowest BCUT2D eigenvalue weighted by molar-refractivity contribution is -0.115. The number of halogens is 3. The van der Waals surface area contributed by atoms with E-state index in [1.54, 1.807) is 25.1 Å². The van der Waals surface area contributed by atoms with E-state index in [2.05, 4.69) is 10.3 Å². The summed E-state index contributed by atoms with van der Waals surface area (Å²) in [6, 6.07) is 5.17. The van der Waals surface area contributed by atoms with Gasteiger partial charge in [-0.2, -0.15) is 0 Å². The Morgan fingerprint density at radius 1 is 1.42 bits per heavy atom. The fourth-order valence-electron chi connectivity index (χ4n) is 1.36. The second-order valence-corrected chi connectivity index (χ2v) is 6.12. The second-order valence-electron chi connectivity index (χ2n) is 3.77. The number of alkyl halides is 1. The first kappa shape index (κ1) is 14.6. The zero-order valence-corrected chi connectivity index (χ0v) is 12.9. The molecule has 1 aromatic carbocycles. The standard InChI is InChI=1S/C12H9Cl3N2OS/c1-6(13)11(18)17-12-16-10(5-19-12)8-3-2-7(14)4-9(8)15/h2-6H,1H3,(H,16,17,18)/t6-/m1/s1. The Balaban J connectivity index is 2.23. The fraction of sp³-hybridized carbons (Fsp3) is 0.167. The van der Waals surface area contributed by atoms with Crippen molar-refractivity contribution in [2.75, 3.05) is 5.32 Å². The largest absolute Gasteiger partial charge is 0.301 e. The zero-order chi connectivity index (χ0) is 14.0. The number of carbonyl (C=O) groups is 1. The van der Waals surface area contributed by atoms with Gasteiger partial charge in [0.05, 0.1) is 10.7 Å². The van der Waals surface area contributed by atoms with Gasteiger partial charge in [0.1, 0.15) is 5.38 Å². The van der Waals surface area contributed by atoms with Crippen LogP contribution in [0.3, 0.4) is 0 Å². The number of nitrogens with one attached hydrogen (secondary N) is 1. The Kier molecular flexibility index (Phi) is 4.68. The molecule has 100 valence electrons. The maximum absolute atomic E-state index is 11.4. The molecule has 0 bridgehead atoms. The van der Waals surface area contributed by atoms with Gasteiger partial charge in [-0.1, -0.05) is 23.2 Å². The number of rotatable bonds is 3. The Morgan fingerprint density at radius 3 is 2.79 bits per heavy atom. The zero-order valence-electron chi connectivity index (χ0n) is 9.78. The molecule has 1 aromatic heterocycles. The number of carbonyl (C=O) groups excluding carboxylic acids is 1. The normalized spacial score (nSPS) is 12.2. The van der Waals surface area contributed by atoms with Crippen LogP contribution in [0.25, 0.3) is 11.3 Å². The molecular formula is C12H9Cl3N2OS. The molecule has 0 aliphatic rings. The monoisotopic (exact) mass is 334 g/mol. The molecule has 0 fully saturated rings. The highest BCUT2D eigenvalue weighted by atomic mass is 35.5. The lowest BCUT2D eigenvalue weighted by atomic mass is 10.2. The van der Waals surface area contributed by atoms with Crippen LogP contribution >= 0.6 is 46.1 Å². The molecule has 0 spiro atoms. The van der Waals surface area contributed by atoms with E-state index in [0.717, 1.165) is 5.56 Å². The summed E-state index contributed by atoms with van der Waals surface area (Å²) in [7, 11) is 0. The van der Waals surface area contributed by atoms with Gasteiger partial charge in [0.25, 0.3) is 0 Å². The highest BCUT2D eigenvalue weighted by Crippen LogP contribution is 2.32. The number of aromatic nitrogens is 1. The summed E-state index contributed by atoms with van der Waals surface area (Å²) in [6.07, 6.45) is 0. The molecule has 1 N–H and O–H groups in total. The van der Waals surface area contributed by atoms with E-state index >= 15 is 0 Å². The summed E-state index contributed by atoms with van der Waals surface area (Å²) in [4.78, 5) is 15.7. The first-order valence-electron chi connectivity index (χ1n) is 5.33. The third-order valence-electron chi connectivity index (χ3n) is 2.30. The van der Waals surface area contributed by atoms with Crippen LogP contribution in [0.4, 0.5) is 5.13 Å². The summed E-state index contributed by atoms with van der Waals surface area (Å²) in [5.74, 6) is -0.287. The third-order valence-corrected chi connectivity index (χ3v) is 3.81. The van der Waals surface area contributed by atoms with Crippen molar-refractivity contribution in [2.45, 2.75) is 12.3 Å². The maximum atomic E-state index is 11.4. The number of hydrogen-bond donors (Lipinski definition) is 1. The van der Waals surface area contributed by atoms with Crippen LogP contribution in [0.5, 0.6) is 0 Å². The molecule has 2 aromatic rings. The molecule has 0 saturated heterocycles. The van der Waals surface area contributed by atoms with E-state index in [0.29, 0.717) is 20.9 Å². The molecule has 0 aliphatic heterocycles. The predicted molar refractivity (Wildman–Crippen MR) is 81.5 cm³/mol. The quantitative estimate of drug-likeness (QED) is 0.827. The topological polar surface area (TPSA) is 42.0 Å². The van der Waals surface area contributed by atoms with Crippen LogP contribution in [0, 0.1) is 0 Å². The molecule has 0 saturated carbocycles. The Labute approximate surface area is 129 Å². The lowest BCUT2D eigenvalue weighted by Gasteiger charge is -2.02. The van der Waals surface area contributed by atoms with E-state index in [-0.39, 0.29) is 5.91 Å². The van der Waals surface area contributed by atoms with Crippen LogP contribution < -0.4 is 5.32 Å². The number of thiazole rings is 1. The minimum Gasteiger partial charge on any atom is -0.301 e. The summed E-state index contributed by atoms with van der Waals surface area (Å²) in [6.45, 7) is 1.60. The van der Waals surface area contributed by atoms with Crippen molar-refractivity contribution < 1.29 is 4.79 Å². The average Bonchev–Trinajstić information content (AvgIpc) is 2.77. The minimum atomic E-state index is -0.605. The van der Waals surface area contributed by atoms with Crippen LogP contribution in [0.1, 0.15) is 6.92 Å². The molecule has 1 atom stereocenters. The summed E-state index contributed by atoms with van der Waals surface area (Å²) < 4.78 is 0. The molecule has 1 amide bonds. The molecule has 1 heterocycles. The molecule has 0 aliphatic carbocycles. The summed E-state index contributed by atoms with van der Waals surface area (Å²) in [5.41, 5.74) is 1.45. The van der Waals surface area contributed by atoms with Gasteiger partial charge >= 0.3 is 0 Å². The van der Waals surface area contributed by atoms with E-state index in [4.69, 9.17) is 34.8 Å². The molecule has 0 unspecified atom stereocenters. The smallest absolute Gasteiger partial charge is 0.243 e. The van der Waals surface area contributed by atoms with Crippen molar-refractivity contribution in [3.8, 4) is 11.3 Å². The van der Waals surface area contributed by atoms with E-state index in [1.807, 2.05) is 5.38 Å². The fourth-order valence-corrected chi connectivity index (χ4v) is 2.63. The van der Waals surface area contributed by atoms with Gasteiger partial charge in [0.15, 0.2) is 5.13 Å². The van der Waals surface area contributed by atoms with Crippen LogP contribution in [0.2, 0.25) is 10.0 Å². The summed E-state index contributed by atoms with van der Waals surface area (Å²) >= 11 is 18.9. The van der Waals surface area contributed by atoms with Crippen LogP contribution in [0.15, 0.2) is 23.6 Å². The van der Waals surface area contributed by atoms with Crippen molar-refractivity contribution in [2.24, 2.45) is 0 Å². The number of hydrogen-bond acceptors (Lipinski definition) is 3. The van der Waals surface area contributed by atoms with Crippen molar-refractivity contribution in [3.63, 3.8) is 0 Å². The third kappa shape index (κ3) is 3.60. The van der Waals surface area contributed by atoms with Gasteiger partial charge in [-0.3, -0.25) is 4.79 Å². The second kappa shape index (κ2) is 6.09. The SMILES string of the molecule is C[C@@H](Cl)C(=O)Nc1nc(-c2ccc(Cl)cc2Cl)cs1. The van der Waals surface area contributed by atoms with Crippen molar-refractivity contribution in [1.29, 1.82) is 0 Å². The first-order chi connectivity index (χ1) is 8.97. The van der Waals surface area contributed by atoms with Crippen molar-refractivity contribution in [3.05, 3.63) is 33.6 Å². The van der Waals surface area contributed by atoms with Gasteiger partial charge in [-0.05, 0) is 25.1 Å². The van der Waals surface area contributed by atoms with Crippen molar-refractivity contribution in [1.82, 2.24) is 4.98 Å². The number of anilines is 1. The Hall–Kier alpha value is -0.810. The van der Waals surface area contributed by atoms with Crippen LogP contribution in [-0.4, -0.2) is 16.3 Å². The minimum absolute atomic E-state index is 0.287. The average molecular weight is 336 g/mol. The molecule has 0 radical (unpaired) electrons. The summed E-state index contributed by atoms with van der Waals surface area (Å²) in [5, 5.41) is 5.40. The number of nitrogens with zero attached hydrogens (tertiary/aromatic N) is 1. The lowest BCUT2D eigenvalue weighted by Crippen LogP contribution is -2.20. The highest BCUT2D eigenvalue weighted by Gasteiger charge is 2.13. The van der Waals surface area contributed by atoms with Crippen molar-refractivity contribution >= 4 is 57.2 Å². The maximum Gasteiger partial charge on any atom is 0.243 e. The predicted octanol–water partition coefficient (Wildman–Crippen LogP) is 4.68. The Bertz CT molecular complexity index is 613. The van der Waals surface area contributed by atoms with Crippen LogP contribution in [-0.2, 0) is 4.79 Å². The Morgan fingerprint density at radius 2 is 2.16 bits per heavy atom.